The average molecular weight is 533 g/mol. The lowest BCUT2D eigenvalue weighted by molar-refractivity contribution is -0.134. The van der Waals surface area contributed by atoms with Crippen molar-refractivity contribution in [1.29, 1.82) is 0 Å². The monoisotopic (exact) mass is 532 g/mol. The Labute approximate surface area is 223 Å². The highest BCUT2D eigenvalue weighted by Gasteiger charge is 2.20. The van der Waals surface area contributed by atoms with Crippen molar-refractivity contribution in [3.8, 4) is 28.4 Å². The molecule has 1 aliphatic heterocycles. The van der Waals surface area contributed by atoms with Crippen LogP contribution in [0.4, 0.5) is 8.78 Å². The van der Waals surface area contributed by atoms with Crippen LogP contribution in [0.15, 0.2) is 71.8 Å². The van der Waals surface area contributed by atoms with Crippen LogP contribution in [-0.4, -0.2) is 75.3 Å². The molecular weight excluding hydrogens is 506 g/mol. The zero-order valence-corrected chi connectivity index (χ0v) is 21.3. The molecule has 39 heavy (non-hydrogen) atoms. The maximum absolute atomic E-state index is 13.7. The molecule has 0 aliphatic carbocycles. The van der Waals surface area contributed by atoms with Crippen LogP contribution < -0.4 is 10.3 Å². The van der Waals surface area contributed by atoms with Gasteiger partial charge >= 0.3 is 0 Å². The largest absolute Gasteiger partial charge is 0.489 e. The van der Waals surface area contributed by atoms with Crippen LogP contribution in [0.3, 0.4) is 0 Å². The van der Waals surface area contributed by atoms with E-state index < -0.39 is 11.6 Å². The lowest BCUT2D eigenvalue weighted by Gasteiger charge is -2.31. The van der Waals surface area contributed by atoms with Gasteiger partial charge in [0.05, 0.1) is 31.2 Å². The van der Waals surface area contributed by atoms with Gasteiger partial charge in [0.2, 0.25) is 5.91 Å². The van der Waals surface area contributed by atoms with Gasteiger partial charge in [0.1, 0.15) is 18.2 Å². The molecule has 200 valence electrons. The zero-order chi connectivity index (χ0) is 27.4. The summed E-state index contributed by atoms with van der Waals surface area (Å²) >= 11 is 0. The Bertz CT molecular complexity index is 1520. The third-order valence-corrected chi connectivity index (χ3v) is 6.38. The molecule has 1 saturated heterocycles. The summed E-state index contributed by atoms with van der Waals surface area (Å²) in [5, 5.41) is 4.30. The highest BCUT2D eigenvalue weighted by molar-refractivity contribution is 5.78. The molecule has 0 N–H and O–H groups in total. The molecule has 0 radical (unpaired) electrons. The van der Waals surface area contributed by atoms with Gasteiger partial charge in [-0.05, 0) is 29.8 Å². The van der Waals surface area contributed by atoms with Gasteiger partial charge in [0, 0.05) is 49.9 Å². The van der Waals surface area contributed by atoms with E-state index in [4.69, 9.17) is 4.74 Å². The Kier molecular flexibility index (Phi) is 7.69. The molecular formula is C28H26F2N6O3. The second kappa shape index (κ2) is 11.5. The number of nitrogens with zero attached hydrogens (tertiary/aromatic N) is 6. The molecule has 1 fully saturated rings. The number of benzene rings is 2. The van der Waals surface area contributed by atoms with E-state index in [-0.39, 0.29) is 29.3 Å². The summed E-state index contributed by atoms with van der Waals surface area (Å²) in [5.41, 5.74) is 1.69. The first-order valence-electron chi connectivity index (χ1n) is 12.4. The second-order valence-corrected chi connectivity index (χ2v) is 9.26. The second-order valence-electron chi connectivity index (χ2n) is 9.26. The average Bonchev–Trinajstić information content (AvgIpc) is 2.92. The molecule has 11 heteroatoms. The molecule has 2 aromatic heterocycles. The van der Waals surface area contributed by atoms with E-state index in [1.165, 1.54) is 28.9 Å². The van der Waals surface area contributed by atoms with Gasteiger partial charge in [0.25, 0.3) is 5.56 Å². The van der Waals surface area contributed by atoms with Crippen LogP contribution in [0.2, 0.25) is 0 Å². The Balaban J connectivity index is 1.24. The first-order valence-corrected chi connectivity index (χ1v) is 12.4. The number of likely N-dealkylation sites (N-methyl/N-ethyl adjacent to an activating group) is 1. The minimum Gasteiger partial charge on any atom is -0.489 e. The number of amides is 1. The third-order valence-electron chi connectivity index (χ3n) is 6.38. The number of piperazine rings is 1. The Morgan fingerprint density at radius 2 is 1.69 bits per heavy atom. The number of hydrogen-bond acceptors (Lipinski definition) is 7. The van der Waals surface area contributed by atoms with E-state index in [9.17, 15) is 18.4 Å². The Morgan fingerprint density at radius 1 is 0.923 bits per heavy atom. The van der Waals surface area contributed by atoms with E-state index in [0.717, 1.165) is 23.7 Å². The Hall–Kier alpha value is -4.51. The summed E-state index contributed by atoms with van der Waals surface area (Å²) in [4.78, 5) is 36.9. The summed E-state index contributed by atoms with van der Waals surface area (Å²) in [5.74, 6) is -0.332. The predicted molar refractivity (Wildman–Crippen MR) is 140 cm³/mol. The number of halogens is 2. The number of carbonyl (C=O) groups is 1. The molecule has 9 nitrogen and oxygen atoms in total. The number of aromatic nitrogens is 4. The highest BCUT2D eigenvalue weighted by Crippen LogP contribution is 2.20. The standard InChI is InChI=1S/C28H26F2N6O3/c1-34-7-8-35(18-27(34)38)9-10-39-24-15-31-28(32-16-24)20-4-2-3-19(11-20)17-36-26(37)6-5-25(33-36)21-12-22(29)14-23(30)13-21/h2-6,11-16H,7-10,17-18H2,1H3. The summed E-state index contributed by atoms with van der Waals surface area (Å²) < 4.78 is 34.3. The van der Waals surface area contributed by atoms with Gasteiger partial charge in [-0.1, -0.05) is 18.2 Å². The van der Waals surface area contributed by atoms with Crippen LogP contribution in [0.1, 0.15) is 5.56 Å². The van der Waals surface area contributed by atoms with Crippen molar-refractivity contribution < 1.29 is 18.3 Å². The van der Waals surface area contributed by atoms with Crippen LogP contribution >= 0.6 is 0 Å². The van der Waals surface area contributed by atoms with Gasteiger partial charge in [-0.15, -0.1) is 0 Å². The molecule has 1 aliphatic rings. The van der Waals surface area contributed by atoms with Gasteiger partial charge in [0.15, 0.2) is 11.6 Å². The molecule has 0 bridgehead atoms. The SMILES string of the molecule is CN1CCN(CCOc2cnc(-c3cccc(Cn4nc(-c5cc(F)cc(F)c5)ccc4=O)c3)nc2)CC1=O. The quantitative estimate of drug-likeness (QED) is 0.345. The lowest BCUT2D eigenvalue weighted by Crippen LogP contribution is -2.49. The summed E-state index contributed by atoms with van der Waals surface area (Å²) in [6.07, 6.45) is 3.19. The van der Waals surface area contributed by atoms with Crippen molar-refractivity contribution in [1.82, 2.24) is 29.5 Å². The summed E-state index contributed by atoms with van der Waals surface area (Å²) in [7, 11) is 1.80. The predicted octanol–water partition coefficient (Wildman–Crippen LogP) is 2.85. The summed E-state index contributed by atoms with van der Waals surface area (Å²) in [6.45, 7) is 3.10. The van der Waals surface area contributed by atoms with Crippen molar-refractivity contribution in [2.75, 3.05) is 39.8 Å². The first-order chi connectivity index (χ1) is 18.8. The summed E-state index contributed by atoms with van der Waals surface area (Å²) in [6, 6.07) is 13.2. The smallest absolute Gasteiger partial charge is 0.267 e. The minimum absolute atomic E-state index is 0.103. The minimum atomic E-state index is -0.722. The fourth-order valence-corrected chi connectivity index (χ4v) is 4.23. The molecule has 1 amide bonds. The van der Waals surface area contributed by atoms with E-state index in [1.807, 2.05) is 24.3 Å². The zero-order valence-electron chi connectivity index (χ0n) is 21.3. The molecule has 4 aromatic rings. The van der Waals surface area contributed by atoms with Crippen LogP contribution in [0, 0.1) is 11.6 Å². The number of rotatable bonds is 8. The van der Waals surface area contributed by atoms with Gasteiger partial charge in [-0.3, -0.25) is 14.5 Å². The number of hydrogen-bond donors (Lipinski definition) is 0. The van der Waals surface area contributed by atoms with Crippen LogP contribution in [-0.2, 0) is 11.3 Å². The third kappa shape index (κ3) is 6.50. The van der Waals surface area contributed by atoms with Crippen molar-refractivity contribution in [2.24, 2.45) is 0 Å². The maximum atomic E-state index is 13.7. The molecule has 0 unspecified atom stereocenters. The molecule has 0 atom stereocenters. The normalized spacial score (nSPS) is 14.0. The Morgan fingerprint density at radius 3 is 2.44 bits per heavy atom. The number of ether oxygens (including phenoxy) is 1. The van der Waals surface area contributed by atoms with Crippen molar-refractivity contribution >= 4 is 5.91 Å². The van der Waals surface area contributed by atoms with Gasteiger partial charge in [-0.2, -0.15) is 5.10 Å². The van der Waals surface area contributed by atoms with Gasteiger partial charge < -0.3 is 9.64 Å². The van der Waals surface area contributed by atoms with Crippen LogP contribution in [0.5, 0.6) is 5.75 Å². The van der Waals surface area contributed by atoms with Crippen molar-refractivity contribution in [3.05, 3.63) is 94.5 Å². The fraction of sp³-hybridized carbons (Fsp3) is 0.250. The van der Waals surface area contributed by atoms with Crippen molar-refractivity contribution in [3.63, 3.8) is 0 Å². The first kappa shape index (κ1) is 26.1. The molecule has 3 heterocycles. The van der Waals surface area contributed by atoms with E-state index >= 15 is 0 Å². The molecule has 0 spiro atoms. The molecule has 2 aromatic carbocycles. The van der Waals surface area contributed by atoms with Crippen molar-refractivity contribution in [2.45, 2.75) is 6.54 Å². The van der Waals surface area contributed by atoms with E-state index in [2.05, 4.69) is 20.0 Å². The number of carbonyl (C=O) groups excluding carboxylic acids is 1. The van der Waals surface area contributed by atoms with E-state index in [1.54, 1.807) is 24.3 Å². The maximum Gasteiger partial charge on any atom is 0.267 e. The van der Waals surface area contributed by atoms with Gasteiger partial charge in [-0.25, -0.2) is 23.4 Å². The highest BCUT2D eigenvalue weighted by atomic mass is 19.1. The fourth-order valence-electron chi connectivity index (χ4n) is 4.23. The van der Waals surface area contributed by atoms with Crippen LogP contribution in [0.25, 0.3) is 22.6 Å². The van der Waals surface area contributed by atoms with E-state index in [0.29, 0.717) is 37.8 Å². The lowest BCUT2D eigenvalue weighted by atomic mass is 10.1. The molecule has 5 rings (SSSR count). The molecule has 0 saturated carbocycles. The topological polar surface area (TPSA) is 93.4 Å².